The molecule has 0 bridgehead atoms. The molecule has 0 aliphatic heterocycles. The first-order valence-electron chi connectivity index (χ1n) is 10.0. The summed E-state index contributed by atoms with van der Waals surface area (Å²) in [7, 11) is 0. The molecule has 0 heterocycles. The van der Waals surface area contributed by atoms with E-state index in [1.807, 2.05) is 0 Å². The van der Waals surface area contributed by atoms with Crippen LogP contribution in [0.4, 0.5) is 0 Å². The van der Waals surface area contributed by atoms with Crippen molar-refractivity contribution < 1.29 is 0 Å². The summed E-state index contributed by atoms with van der Waals surface area (Å²) in [6.07, 6.45) is 23.4. The molecule has 0 saturated heterocycles. The average Bonchev–Trinajstić information content (AvgIpc) is 2.50. The fraction of sp³-hybridized carbons (Fsp3) is 1.00. The Morgan fingerprint density at radius 1 is 0.381 bits per heavy atom. The van der Waals surface area contributed by atoms with E-state index in [1.54, 1.807) is 11.8 Å². The van der Waals surface area contributed by atoms with Gasteiger partial charge >= 0.3 is 0 Å². The molecule has 21 heavy (non-hydrogen) atoms. The maximum atomic E-state index is 2.30. The average molecular weight is 316 g/mol. The van der Waals surface area contributed by atoms with Crippen LogP contribution in [-0.4, -0.2) is 11.5 Å². The first-order chi connectivity index (χ1) is 10.4. The molecule has 0 rings (SSSR count). The van der Waals surface area contributed by atoms with Gasteiger partial charge in [-0.1, -0.05) is 90.9 Å². The van der Waals surface area contributed by atoms with Crippen LogP contribution in [0.3, 0.4) is 0 Å². The molecule has 0 nitrogen and oxygen atoms in total. The van der Waals surface area contributed by atoms with Gasteiger partial charge in [-0.3, -0.25) is 0 Å². The van der Waals surface area contributed by atoms with Crippen LogP contribution in [0, 0.1) is 0 Å². The number of hydrogen-bond acceptors (Lipinski definition) is 0. The Kier molecular flexibility index (Phi) is 20.7. The van der Waals surface area contributed by atoms with Crippen molar-refractivity contribution in [3.05, 3.63) is 0 Å². The van der Waals surface area contributed by atoms with Gasteiger partial charge in [0.15, 0.2) is 0 Å². The van der Waals surface area contributed by atoms with Crippen molar-refractivity contribution in [2.75, 3.05) is 11.5 Å². The summed E-state index contributed by atoms with van der Waals surface area (Å²) in [4.78, 5) is 0. The molecule has 0 unspecified atom stereocenters. The van der Waals surface area contributed by atoms with Crippen molar-refractivity contribution in [2.45, 2.75) is 117 Å². The number of hydrogen-bond donors (Lipinski definition) is 0. The molecule has 0 aliphatic carbocycles. The summed E-state index contributed by atoms with van der Waals surface area (Å²) in [5, 5.41) is 0. The molecule has 0 saturated carbocycles. The normalized spacial score (nSPS) is 11.1. The van der Waals surface area contributed by atoms with Crippen LogP contribution in [-0.2, 0) is 11.8 Å². The molecule has 0 atom stereocenters. The Hall–Kier alpha value is 0.350. The lowest BCUT2D eigenvalue weighted by atomic mass is 10.1. The molecule has 0 radical (unpaired) electrons. The monoisotopic (exact) mass is 315 g/mol. The minimum absolute atomic E-state index is 1.37. The van der Waals surface area contributed by atoms with E-state index in [-0.39, 0.29) is 0 Å². The van der Waals surface area contributed by atoms with Crippen LogP contribution in [0.2, 0.25) is 0 Å². The van der Waals surface area contributed by atoms with Crippen molar-refractivity contribution in [1.29, 1.82) is 0 Å². The molecule has 0 aromatic rings. The van der Waals surface area contributed by atoms with E-state index in [2.05, 4.69) is 13.8 Å². The van der Waals surface area contributed by atoms with Crippen molar-refractivity contribution in [2.24, 2.45) is 0 Å². The number of unbranched alkanes of at least 4 members (excludes halogenated alkanes) is 14. The minimum atomic E-state index is 1.37. The van der Waals surface area contributed by atoms with Gasteiger partial charge in [0, 0.05) is 0 Å². The molecule has 0 amide bonds. The maximum Gasteiger partial charge on any atom is 0.105 e. The van der Waals surface area contributed by atoms with Gasteiger partial charge in [-0.05, 0) is 37.4 Å². The van der Waals surface area contributed by atoms with Crippen LogP contribution in [0.5, 0.6) is 0 Å². The van der Waals surface area contributed by atoms with E-state index in [0.717, 1.165) is 0 Å². The fourth-order valence-corrected chi connectivity index (χ4v) is 3.94. The summed E-state index contributed by atoms with van der Waals surface area (Å²) in [5.74, 6) is 2.93. The number of thiol groups is 1. The van der Waals surface area contributed by atoms with Gasteiger partial charge in [0.25, 0.3) is 0 Å². The highest BCUT2D eigenvalue weighted by Crippen LogP contribution is 2.10. The van der Waals surface area contributed by atoms with Gasteiger partial charge in [0.05, 0.1) is 0 Å². The van der Waals surface area contributed by atoms with E-state index >= 15 is 0 Å². The van der Waals surface area contributed by atoms with Crippen LogP contribution in [0.1, 0.15) is 117 Å². The third kappa shape index (κ3) is 20.4. The summed E-state index contributed by atoms with van der Waals surface area (Å²) < 4.78 is 0. The lowest BCUT2D eigenvalue weighted by molar-refractivity contribution is 0.584. The summed E-state index contributed by atoms with van der Waals surface area (Å²) in [6.45, 7) is 4.59. The Morgan fingerprint density at radius 2 is 0.667 bits per heavy atom. The zero-order valence-corrected chi connectivity index (χ0v) is 16.1. The van der Waals surface area contributed by atoms with Gasteiger partial charge in [-0.15, -0.1) is 0 Å². The van der Waals surface area contributed by atoms with Gasteiger partial charge in [-0.2, -0.15) is 0 Å². The smallest absolute Gasteiger partial charge is 0.0654 e. The van der Waals surface area contributed by atoms with E-state index in [0.29, 0.717) is 0 Å². The zero-order chi connectivity index (χ0) is 15.4. The molecule has 1 heteroatoms. The molecule has 0 aromatic carbocycles. The van der Waals surface area contributed by atoms with E-state index < -0.39 is 0 Å². The minimum Gasteiger partial charge on any atom is -0.0654 e. The second kappa shape index (κ2) is 20.3. The van der Waals surface area contributed by atoms with Crippen molar-refractivity contribution in [3.8, 4) is 0 Å². The molecule has 128 valence electrons. The lowest BCUT2D eigenvalue weighted by Crippen LogP contribution is -1.95. The Bertz CT molecular complexity index is 149. The SMILES string of the molecule is CCCCCCCCCC[SH+]CCCCCCCCCC. The van der Waals surface area contributed by atoms with Gasteiger partial charge in [0.2, 0.25) is 0 Å². The fourth-order valence-electron chi connectivity index (χ4n) is 2.83. The second-order valence-corrected chi connectivity index (χ2v) is 7.96. The van der Waals surface area contributed by atoms with Gasteiger partial charge in [-0.25, -0.2) is 0 Å². The summed E-state index contributed by atoms with van der Waals surface area (Å²) in [5.41, 5.74) is 0. The zero-order valence-electron chi connectivity index (χ0n) is 15.2. The second-order valence-electron chi connectivity index (χ2n) is 6.62. The number of rotatable bonds is 18. The first kappa shape index (κ1) is 21.4. The van der Waals surface area contributed by atoms with Crippen LogP contribution in [0.25, 0.3) is 0 Å². The molecule has 0 aliphatic rings. The standard InChI is InChI=1S/C20H42S/c1-3-5-7-9-11-13-15-17-19-21-20-18-16-14-12-10-8-6-4-2/h3-20H2,1-2H3/p+1. The van der Waals surface area contributed by atoms with E-state index in [4.69, 9.17) is 0 Å². The first-order valence-corrected chi connectivity index (χ1v) is 11.3. The van der Waals surface area contributed by atoms with E-state index in [9.17, 15) is 0 Å². The molecule has 0 fully saturated rings. The third-order valence-electron chi connectivity index (χ3n) is 4.34. The van der Waals surface area contributed by atoms with Crippen molar-refractivity contribution in [3.63, 3.8) is 0 Å². The molecule has 0 N–H and O–H groups in total. The van der Waals surface area contributed by atoms with Crippen molar-refractivity contribution in [1.82, 2.24) is 0 Å². The Balaban J connectivity index is 2.90. The Morgan fingerprint density at radius 3 is 1.00 bits per heavy atom. The molecular weight excluding hydrogens is 272 g/mol. The van der Waals surface area contributed by atoms with Gasteiger partial charge in [0.1, 0.15) is 11.5 Å². The highest BCUT2D eigenvalue weighted by atomic mass is 32.2. The molecule has 0 spiro atoms. The molecule has 0 aromatic heterocycles. The molecular formula is C20H43S+. The largest absolute Gasteiger partial charge is 0.105 e. The summed E-state index contributed by atoms with van der Waals surface area (Å²) in [6, 6.07) is 0. The van der Waals surface area contributed by atoms with Gasteiger partial charge < -0.3 is 0 Å². The topological polar surface area (TPSA) is 0 Å². The van der Waals surface area contributed by atoms with Crippen LogP contribution >= 0.6 is 0 Å². The summed E-state index contributed by atoms with van der Waals surface area (Å²) >= 11 is 1.73. The van der Waals surface area contributed by atoms with E-state index in [1.165, 1.54) is 114 Å². The highest BCUT2D eigenvalue weighted by molar-refractivity contribution is 7.78. The highest BCUT2D eigenvalue weighted by Gasteiger charge is 1.99. The Labute approximate surface area is 140 Å². The maximum absolute atomic E-state index is 2.30. The third-order valence-corrected chi connectivity index (χ3v) is 5.60. The predicted molar refractivity (Wildman–Crippen MR) is 104 cm³/mol. The predicted octanol–water partition coefficient (Wildman–Crippen LogP) is 7.08. The lowest BCUT2D eigenvalue weighted by Gasteiger charge is -2.00. The quantitative estimate of drug-likeness (QED) is 0.144. The van der Waals surface area contributed by atoms with Crippen molar-refractivity contribution >= 4 is 11.8 Å². The van der Waals surface area contributed by atoms with Crippen LogP contribution in [0.15, 0.2) is 0 Å². The van der Waals surface area contributed by atoms with Crippen LogP contribution < -0.4 is 0 Å².